The number of aromatic amines is 1. The monoisotopic (exact) mass is 1180 g/mol. The maximum Gasteiger partial charge on any atom is 0.160 e. The predicted octanol–water partition coefficient (Wildman–Crippen LogP) is 8.14. The highest BCUT2D eigenvalue weighted by atomic mass is 16.5. The number of hydrogen-bond acceptors (Lipinski definition) is 13. The highest BCUT2D eigenvalue weighted by molar-refractivity contribution is 5.89. The van der Waals surface area contributed by atoms with Crippen LogP contribution < -0.4 is 26.4 Å². The van der Waals surface area contributed by atoms with Crippen molar-refractivity contribution in [1.82, 2.24) is 20.9 Å². The Morgan fingerprint density at radius 1 is 0.885 bits per heavy atom. The lowest BCUT2D eigenvalue weighted by molar-refractivity contribution is -0.151. The van der Waals surface area contributed by atoms with Crippen molar-refractivity contribution in [2.24, 2.45) is 64.4 Å². The predicted molar refractivity (Wildman–Crippen MR) is 333 cm³/mol. The number of hydrogen-bond donors (Lipinski definition) is 11. The first kappa shape index (κ1) is 58.7. The average molecular weight is 1180 g/mol. The smallest absolute Gasteiger partial charge is 0.160 e. The first-order valence-corrected chi connectivity index (χ1v) is 33.1. The fraction of sp³-hybridized carbons (Fsp3) is 0.589. The van der Waals surface area contributed by atoms with Gasteiger partial charge in [-0.15, -0.1) is 5.92 Å². The fourth-order valence-electron chi connectivity index (χ4n) is 20.3. The number of fused-ring (bicyclic) bond motifs is 5. The van der Waals surface area contributed by atoms with Crippen molar-refractivity contribution in [3.05, 3.63) is 117 Å². The van der Waals surface area contributed by atoms with Crippen LogP contribution in [0.25, 0.3) is 10.8 Å². The number of H-pyrrole nitrogens is 1. The molecule has 4 aliphatic heterocycles. The molecule has 20 atom stereocenters. The zero-order valence-corrected chi connectivity index (χ0v) is 50.7. The Hall–Kier alpha value is -5.94. The third-order valence-electron chi connectivity index (χ3n) is 24.3. The summed E-state index contributed by atoms with van der Waals surface area (Å²) in [5.74, 6) is 15.4. The molecule has 7 aliphatic carbocycles. The van der Waals surface area contributed by atoms with Crippen LogP contribution >= 0.6 is 0 Å². The number of aryl methyl sites for hydroxylation is 2. The van der Waals surface area contributed by atoms with E-state index in [0.29, 0.717) is 62.2 Å². The summed E-state index contributed by atoms with van der Waals surface area (Å²) in [4.78, 5) is 33.6. The van der Waals surface area contributed by atoms with E-state index in [0.717, 1.165) is 72.5 Å². The number of aliphatic hydroxyl groups is 5. The maximum atomic E-state index is 15.4. The quantitative estimate of drug-likeness (QED) is 0.0448. The molecular formula is C73H89N5O9. The Balaban J connectivity index is 0.824. The van der Waals surface area contributed by atoms with E-state index in [2.05, 4.69) is 95.0 Å². The number of aromatic hydroxyl groups is 1. The SMILES string of the molecule is CCC1=C(C(CC(O)C(O)CC2C#CC3(CCC(C4C5CNC6(C)CCCC6C#CCC6NC7CC(=O)C8CCc9c[nH]c%10c9C8C7C(C%105)C6C4CCC(O)O)CC3O)C(=O)CCc3cc(OC)c(O)cc32)c2ccc3ccccc3c2)C=C(N)NC1. The fourth-order valence-corrected chi connectivity index (χ4v) is 20.3. The van der Waals surface area contributed by atoms with Crippen LogP contribution in [0.5, 0.6) is 11.5 Å². The van der Waals surface area contributed by atoms with Gasteiger partial charge in [0.15, 0.2) is 23.6 Å². The molecule has 11 aliphatic rings. The van der Waals surface area contributed by atoms with E-state index in [1.807, 2.05) is 18.2 Å². The summed E-state index contributed by atoms with van der Waals surface area (Å²) in [5, 5.41) is 85.1. The second-order valence-corrected chi connectivity index (χ2v) is 28.5. The molecule has 12 N–H and O–H groups in total. The number of phenolic OH excluding ortho intramolecular Hbond substituents is 1. The molecule has 4 saturated carbocycles. The molecule has 0 amide bonds. The summed E-state index contributed by atoms with van der Waals surface area (Å²) in [6.07, 6.45) is 8.44. The standard InChI is InChI=1S/C73H89N5O9/c1-4-38-35-75-62(74)33-51(38)50(41-15-14-39-9-5-6-10-40(39)27-41)32-57(81)56(80)28-43-22-25-73(60(83)20-17-42-29-59(87-3)58(82)31-49(42)43)26-23-44(30-61(73)84)64-48(19-21-63(85)86)66-53-13-7-11-46-12-8-24-72(46,2)77-37-52(64)68-70(66)69-54(78-53)34-55(79)47-18-16-45-36-76-71(68)65(45)67(47)69/h5-6,9-10,14-15,27,29,31,33,36,43-44,46-48,50,52-54,56-57,61,63-64,66-70,75-78,80-82,84-86H,4,8,12-13,16-21,23-24,26,28,30,32,34-35,37,74H2,1-3H3. The number of carbonyl (C=O) groups excluding carboxylic acids is 2. The van der Waals surface area contributed by atoms with Crippen LogP contribution in [0.1, 0.15) is 167 Å². The normalized spacial score (nSPS) is 36.7. The number of aromatic nitrogens is 1. The molecule has 1 aromatic heterocycles. The molecular weight excluding hydrogens is 1090 g/mol. The zero-order chi connectivity index (χ0) is 60.2. The second kappa shape index (κ2) is 23.1. The molecule has 20 unspecified atom stereocenters. The Labute approximate surface area is 512 Å². The minimum Gasteiger partial charge on any atom is -0.504 e. The topological polar surface area (TPSA) is 243 Å². The molecule has 4 aromatic rings. The number of nitrogens with two attached hydrogens (primary N) is 1. The van der Waals surface area contributed by atoms with E-state index in [-0.39, 0.29) is 138 Å². The van der Waals surface area contributed by atoms with Crippen molar-refractivity contribution in [3.63, 3.8) is 0 Å². The highest BCUT2D eigenvalue weighted by Crippen LogP contribution is 2.69. The molecule has 460 valence electrons. The Morgan fingerprint density at radius 2 is 1.72 bits per heavy atom. The lowest BCUT2D eigenvalue weighted by Crippen LogP contribution is -2.70. The third kappa shape index (κ3) is 10.1. The summed E-state index contributed by atoms with van der Waals surface area (Å²) < 4.78 is 5.64. The minimum absolute atomic E-state index is 0.00850. The summed E-state index contributed by atoms with van der Waals surface area (Å²) in [7, 11) is 1.49. The van der Waals surface area contributed by atoms with Crippen LogP contribution in [0.3, 0.4) is 0 Å². The van der Waals surface area contributed by atoms with E-state index in [1.54, 1.807) is 12.1 Å². The van der Waals surface area contributed by atoms with Gasteiger partial charge < -0.3 is 62.0 Å². The number of ether oxygens (including phenoxy) is 1. The molecule has 87 heavy (non-hydrogen) atoms. The van der Waals surface area contributed by atoms with Crippen LogP contribution in [0.2, 0.25) is 0 Å². The number of dihydropyridines is 1. The molecule has 15 rings (SSSR count). The Kier molecular flexibility index (Phi) is 15.6. The van der Waals surface area contributed by atoms with Gasteiger partial charge in [-0.2, -0.15) is 0 Å². The van der Waals surface area contributed by atoms with Gasteiger partial charge in [-0.3, -0.25) is 9.59 Å². The molecule has 14 nitrogen and oxygen atoms in total. The Morgan fingerprint density at radius 3 is 2.53 bits per heavy atom. The lowest BCUT2D eigenvalue weighted by atomic mass is 9.40. The number of methoxy groups -OCH3 is 1. The number of carbonyl (C=O) groups is 2. The third-order valence-corrected chi connectivity index (χ3v) is 24.3. The number of benzene rings is 3. The van der Waals surface area contributed by atoms with Crippen molar-refractivity contribution < 1.29 is 45.0 Å². The van der Waals surface area contributed by atoms with Gasteiger partial charge in [0.2, 0.25) is 0 Å². The molecule has 14 heteroatoms. The van der Waals surface area contributed by atoms with E-state index < -0.39 is 35.9 Å². The van der Waals surface area contributed by atoms with Crippen LogP contribution in [-0.4, -0.2) is 110 Å². The van der Waals surface area contributed by atoms with Gasteiger partial charge in [-0.25, -0.2) is 0 Å². The van der Waals surface area contributed by atoms with E-state index in [9.17, 15) is 35.4 Å². The van der Waals surface area contributed by atoms with Crippen molar-refractivity contribution in [2.75, 3.05) is 20.2 Å². The molecule has 4 bridgehead atoms. The number of piperidine rings is 1. The maximum absolute atomic E-state index is 15.4. The molecule has 1 spiro atoms. The lowest BCUT2D eigenvalue weighted by Gasteiger charge is -2.67. The number of aliphatic hydroxyl groups excluding tert-OH is 4. The summed E-state index contributed by atoms with van der Waals surface area (Å²) >= 11 is 0. The molecule has 5 fully saturated rings. The number of ketones is 2. The molecule has 0 radical (unpaired) electrons. The van der Waals surface area contributed by atoms with Crippen LogP contribution in [0.4, 0.5) is 0 Å². The Bertz CT molecular complexity index is 3550. The minimum atomic E-state index is -1.49. The number of rotatable bonds is 13. The van der Waals surface area contributed by atoms with E-state index >= 15 is 4.79 Å². The number of allylic oxidation sites excluding steroid dienone is 2. The van der Waals surface area contributed by atoms with Crippen molar-refractivity contribution >= 4 is 22.3 Å². The summed E-state index contributed by atoms with van der Waals surface area (Å²) in [6.45, 7) is 5.77. The van der Waals surface area contributed by atoms with Gasteiger partial charge in [0.25, 0.3) is 0 Å². The summed E-state index contributed by atoms with van der Waals surface area (Å²) in [5.41, 5.74) is 13.4. The van der Waals surface area contributed by atoms with Crippen molar-refractivity contribution in [1.29, 1.82) is 0 Å². The molecule has 3 aromatic carbocycles. The van der Waals surface area contributed by atoms with Gasteiger partial charge in [-0.1, -0.05) is 73.6 Å². The second-order valence-electron chi connectivity index (χ2n) is 28.5. The first-order valence-electron chi connectivity index (χ1n) is 33.1. The zero-order valence-electron chi connectivity index (χ0n) is 50.7. The first-order chi connectivity index (χ1) is 42.1. The van der Waals surface area contributed by atoms with Crippen LogP contribution in [0.15, 0.2) is 83.8 Å². The summed E-state index contributed by atoms with van der Waals surface area (Å²) in [6, 6.07) is 17.9. The van der Waals surface area contributed by atoms with Gasteiger partial charge >= 0.3 is 0 Å². The molecule has 5 heterocycles. The van der Waals surface area contributed by atoms with E-state index in [4.69, 9.17) is 10.5 Å². The van der Waals surface area contributed by atoms with E-state index in [1.165, 1.54) is 29.5 Å². The van der Waals surface area contributed by atoms with Gasteiger partial charge in [0.1, 0.15) is 11.2 Å². The number of Topliss-reactive ketones (excluding diaryl/α,β-unsaturated/α-hetero) is 2. The molecule has 1 saturated heterocycles. The van der Waals surface area contributed by atoms with Crippen LogP contribution in [-0.2, 0) is 22.4 Å². The van der Waals surface area contributed by atoms with Gasteiger partial charge in [0, 0.05) is 90.8 Å². The highest BCUT2D eigenvalue weighted by Gasteiger charge is 2.67. The van der Waals surface area contributed by atoms with Crippen molar-refractivity contribution in [2.45, 2.75) is 189 Å². The van der Waals surface area contributed by atoms with Crippen LogP contribution in [0, 0.1) is 82.4 Å². The number of phenols is 1. The van der Waals surface area contributed by atoms with Crippen molar-refractivity contribution in [3.8, 4) is 35.2 Å². The largest absolute Gasteiger partial charge is 0.504 e. The van der Waals surface area contributed by atoms with Gasteiger partial charge in [-0.05, 0) is 206 Å². The average Bonchev–Trinajstić information content (AvgIpc) is 1.66. The number of nitrogens with one attached hydrogen (secondary N) is 4. The van der Waals surface area contributed by atoms with Gasteiger partial charge in [0.05, 0.1) is 31.2 Å².